The van der Waals surface area contributed by atoms with Crippen LogP contribution in [0.3, 0.4) is 0 Å². The highest BCUT2D eigenvalue weighted by atomic mass is 35.5. The van der Waals surface area contributed by atoms with Crippen LogP contribution in [0.5, 0.6) is 0 Å². The molecule has 0 amide bonds. The van der Waals surface area contributed by atoms with Crippen molar-refractivity contribution in [1.82, 2.24) is 14.5 Å². The molecule has 1 aromatic carbocycles. The quantitative estimate of drug-likeness (QED) is 0.734. The topological polar surface area (TPSA) is 56.7 Å². The van der Waals surface area contributed by atoms with E-state index in [-0.39, 0.29) is 6.04 Å². The van der Waals surface area contributed by atoms with E-state index in [2.05, 4.69) is 14.5 Å². The number of aryl methyl sites for hydroxylation is 3. The molecule has 0 saturated heterocycles. The number of fused-ring (bicyclic) bond motifs is 3. The van der Waals surface area contributed by atoms with Gasteiger partial charge in [0.05, 0.1) is 5.52 Å². The Labute approximate surface area is 140 Å². The van der Waals surface area contributed by atoms with Gasteiger partial charge in [-0.2, -0.15) is 0 Å². The van der Waals surface area contributed by atoms with Crippen LogP contribution in [0.2, 0.25) is 5.02 Å². The molecule has 0 aliphatic heterocycles. The molecule has 2 aromatic heterocycles. The van der Waals surface area contributed by atoms with Crippen LogP contribution in [0, 0.1) is 13.8 Å². The first kappa shape index (κ1) is 14.7. The summed E-state index contributed by atoms with van der Waals surface area (Å²) in [5.74, 6) is 0.702. The van der Waals surface area contributed by atoms with Crippen molar-refractivity contribution >= 4 is 22.5 Å². The molecule has 23 heavy (non-hydrogen) atoms. The normalized spacial score (nSPS) is 17.5. The number of rotatable bonds is 1. The number of hydrogen-bond acceptors (Lipinski definition) is 3. The van der Waals surface area contributed by atoms with E-state index < -0.39 is 0 Å². The third-order valence-corrected chi connectivity index (χ3v) is 4.77. The average Bonchev–Trinajstić information content (AvgIpc) is 2.81. The van der Waals surface area contributed by atoms with Crippen LogP contribution in [0.4, 0.5) is 0 Å². The van der Waals surface area contributed by atoms with Crippen molar-refractivity contribution in [3.05, 3.63) is 51.9 Å². The van der Waals surface area contributed by atoms with E-state index >= 15 is 0 Å². The molecule has 0 spiro atoms. The Hall–Kier alpha value is -1.91. The number of hydrogen-bond donors (Lipinski definition) is 1. The summed E-state index contributed by atoms with van der Waals surface area (Å²) in [6.45, 7) is 3.99. The van der Waals surface area contributed by atoms with Crippen molar-refractivity contribution in [3.8, 4) is 5.95 Å². The molecule has 3 aromatic rings. The fourth-order valence-electron chi connectivity index (χ4n) is 3.66. The Balaban J connectivity index is 2.11. The second kappa shape index (κ2) is 5.32. The lowest BCUT2D eigenvalue weighted by Gasteiger charge is -2.21. The lowest BCUT2D eigenvalue weighted by atomic mass is 9.92. The van der Waals surface area contributed by atoms with Crippen molar-refractivity contribution in [2.24, 2.45) is 5.73 Å². The molecule has 4 rings (SSSR count). The molecule has 0 saturated carbocycles. The zero-order valence-electron chi connectivity index (χ0n) is 13.3. The maximum absolute atomic E-state index is 6.45. The Morgan fingerprint density at radius 2 is 1.91 bits per heavy atom. The average molecular weight is 327 g/mol. The molecule has 0 bridgehead atoms. The van der Waals surface area contributed by atoms with Gasteiger partial charge in [-0.3, -0.25) is 4.57 Å². The molecule has 2 heterocycles. The van der Waals surface area contributed by atoms with Gasteiger partial charge in [0.1, 0.15) is 0 Å². The monoisotopic (exact) mass is 326 g/mol. The largest absolute Gasteiger partial charge is 0.323 e. The Morgan fingerprint density at radius 3 is 2.65 bits per heavy atom. The fraction of sp³-hybridized carbons (Fsp3) is 0.333. The summed E-state index contributed by atoms with van der Waals surface area (Å²) in [4.78, 5) is 9.31. The van der Waals surface area contributed by atoms with Crippen LogP contribution in [0.25, 0.3) is 16.9 Å². The third-order valence-electron chi connectivity index (χ3n) is 4.54. The van der Waals surface area contributed by atoms with E-state index in [1.54, 1.807) is 0 Å². The number of aromatic nitrogens is 3. The number of benzene rings is 1. The van der Waals surface area contributed by atoms with Gasteiger partial charge in [-0.1, -0.05) is 11.6 Å². The van der Waals surface area contributed by atoms with Crippen molar-refractivity contribution in [2.75, 3.05) is 0 Å². The molecule has 1 unspecified atom stereocenters. The van der Waals surface area contributed by atoms with Gasteiger partial charge in [-0.05, 0) is 62.9 Å². The first-order valence-corrected chi connectivity index (χ1v) is 8.33. The summed E-state index contributed by atoms with van der Waals surface area (Å²) in [6.07, 6.45) is 3.12. The minimum Gasteiger partial charge on any atom is -0.323 e. The lowest BCUT2D eigenvalue weighted by molar-refractivity contribution is 0.548. The molecular weight excluding hydrogens is 308 g/mol. The van der Waals surface area contributed by atoms with E-state index in [0.29, 0.717) is 5.95 Å². The predicted octanol–water partition coefficient (Wildman–Crippen LogP) is 4.03. The summed E-state index contributed by atoms with van der Waals surface area (Å²) >= 11 is 6.23. The van der Waals surface area contributed by atoms with Crippen LogP contribution < -0.4 is 5.73 Å². The van der Waals surface area contributed by atoms with E-state index in [9.17, 15) is 0 Å². The zero-order valence-corrected chi connectivity index (χ0v) is 14.1. The first-order valence-electron chi connectivity index (χ1n) is 7.95. The van der Waals surface area contributed by atoms with Crippen LogP contribution >= 0.6 is 11.6 Å². The van der Waals surface area contributed by atoms with Crippen LogP contribution in [0.1, 0.15) is 41.5 Å². The highest BCUT2D eigenvalue weighted by Crippen LogP contribution is 2.38. The molecule has 118 valence electrons. The minimum absolute atomic E-state index is 0.00865. The molecule has 1 aliphatic rings. The maximum atomic E-state index is 6.45. The lowest BCUT2D eigenvalue weighted by Crippen LogP contribution is -2.21. The molecular formula is C18H19ClN4. The van der Waals surface area contributed by atoms with Gasteiger partial charge in [0.25, 0.3) is 0 Å². The summed E-state index contributed by atoms with van der Waals surface area (Å²) in [5.41, 5.74) is 11.9. The Morgan fingerprint density at radius 1 is 1.17 bits per heavy atom. The van der Waals surface area contributed by atoms with Crippen molar-refractivity contribution in [3.63, 3.8) is 0 Å². The highest BCUT2D eigenvalue weighted by Gasteiger charge is 2.27. The van der Waals surface area contributed by atoms with Gasteiger partial charge in [-0.25, -0.2) is 9.97 Å². The molecule has 2 N–H and O–H groups in total. The van der Waals surface area contributed by atoms with Crippen molar-refractivity contribution < 1.29 is 0 Å². The maximum Gasteiger partial charge on any atom is 0.234 e. The van der Waals surface area contributed by atoms with Crippen molar-refractivity contribution in [1.29, 1.82) is 0 Å². The summed E-state index contributed by atoms with van der Waals surface area (Å²) < 4.78 is 2.13. The van der Waals surface area contributed by atoms with Crippen molar-refractivity contribution in [2.45, 2.75) is 39.2 Å². The van der Waals surface area contributed by atoms with Gasteiger partial charge in [0.2, 0.25) is 5.95 Å². The Kier molecular flexibility index (Phi) is 3.39. The number of nitrogens with two attached hydrogens (primary N) is 1. The first-order chi connectivity index (χ1) is 11.0. The van der Waals surface area contributed by atoms with E-state index in [1.807, 2.05) is 38.1 Å². The van der Waals surface area contributed by atoms with Gasteiger partial charge in [0, 0.05) is 33.5 Å². The second-order valence-corrected chi connectivity index (χ2v) is 6.75. The van der Waals surface area contributed by atoms with Gasteiger partial charge in [-0.15, -0.1) is 0 Å². The molecule has 1 aliphatic carbocycles. The Bertz CT molecular complexity index is 893. The minimum atomic E-state index is 0.00865. The number of nitrogens with zero attached hydrogens (tertiary/aromatic N) is 3. The summed E-state index contributed by atoms with van der Waals surface area (Å²) in [6, 6.07) is 7.99. The van der Waals surface area contributed by atoms with Crippen LogP contribution in [-0.2, 0) is 6.42 Å². The molecule has 1 atom stereocenters. The van der Waals surface area contributed by atoms with Crippen LogP contribution in [0.15, 0.2) is 24.3 Å². The number of halogens is 1. The zero-order chi connectivity index (χ0) is 16.1. The summed E-state index contributed by atoms with van der Waals surface area (Å²) in [5, 5.41) is 1.92. The van der Waals surface area contributed by atoms with E-state index in [1.165, 1.54) is 10.9 Å². The van der Waals surface area contributed by atoms with E-state index in [0.717, 1.165) is 46.9 Å². The highest BCUT2D eigenvalue weighted by molar-refractivity contribution is 6.31. The summed E-state index contributed by atoms with van der Waals surface area (Å²) in [7, 11) is 0. The third kappa shape index (κ3) is 2.33. The van der Waals surface area contributed by atoms with E-state index in [4.69, 9.17) is 17.3 Å². The second-order valence-electron chi connectivity index (χ2n) is 6.31. The predicted molar refractivity (Wildman–Crippen MR) is 93.2 cm³/mol. The van der Waals surface area contributed by atoms with Gasteiger partial charge >= 0.3 is 0 Å². The van der Waals surface area contributed by atoms with Crippen LogP contribution in [-0.4, -0.2) is 14.5 Å². The molecule has 4 nitrogen and oxygen atoms in total. The molecule has 0 fully saturated rings. The molecule has 5 heteroatoms. The standard InChI is InChI=1S/C18H19ClN4/c1-10-8-11(2)22-18(21-10)23-16-7-6-12(19)9-14(16)13-4-3-5-15(20)17(13)23/h6-9,15H,3-5,20H2,1-2H3. The van der Waals surface area contributed by atoms with Gasteiger partial charge in [0.15, 0.2) is 0 Å². The van der Waals surface area contributed by atoms with Gasteiger partial charge < -0.3 is 5.73 Å². The fourth-order valence-corrected chi connectivity index (χ4v) is 3.83. The smallest absolute Gasteiger partial charge is 0.234 e. The SMILES string of the molecule is Cc1cc(C)nc(-n2c3c(c4cc(Cl)ccc42)CCCC3N)n1. The molecule has 0 radical (unpaired) electrons.